The van der Waals surface area contributed by atoms with Gasteiger partial charge in [-0.25, -0.2) is 0 Å². The van der Waals surface area contributed by atoms with E-state index >= 15 is 0 Å². The van der Waals surface area contributed by atoms with Gasteiger partial charge in [-0.15, -0.1) is 0 Å². The Balaban J connectivity index is 1.43. The summed E-state index contributed by atoms with van der Waals surface area (Å²) in [7, 11) is 2.12. The van der Waals surface area contributed by atoms with Gasteiger partial charge in [-0.05, 0) is 95.1 Å². The molecule has 0 N–H and O–H groups in total. The van der Waals surface area contributed by atoms with Gasteiger partial charge in [0.2, 0.25) is 0 Å². The average molecular weight is 491 g/mol. The first kappa shape index (κ1) is 23.6. The number of aryl methyl sites for hydroxylation is 1. The molecule has 0 fully saturated rings. The van der Waals surface area contributed by atoms with Crippen LogP contribution >= 0.6 is 0 Å². The molecule has 0 saturated heterocycles. The van der Waals surface area contributed by atoms with Crippen LogP contribution in [0.2, 0.25) is 0 Å². The van der Waals surface area contributed by atoms with Gasteiger partial charge in [0.25, 0.3) is 0 Å². The molecular formula is C36H30N2. The van der Waals surface area contributed by atoms with E-state index in [1.807, 2.05) is 0 Å². The molecule has 6 rings (SSSR count). The zero-order valence-corrected chi connectivity index (χ0v) is 21.8. The van der Waals surface area contributed by atoms with E-state index in [4.69, 9.17) is 0 Å². The van der Waals surface area contributed by atoms with E-state index in [1.165, 1.54) is 33.2 Å². The summed E-state index contributed by atoms with van der Waals surface area (Å²) in [5.74, 6) is 0. The molecule has 2 nitrogen and oxygen atoms in total. The van der Waals surface area contributed by atoms with Crippen LogP contribution in [0.5, 0.6) is 0 Å². The predicted octanol–water partition coefficient (Wildman–Crippen LogP) is 10.1. The molecule has 0 spiro atoms. The van der Waals surface area contributed by atoms with Crippen LogP contribution in [0.3, 0.4) is 0 Å². The van der Waals surface area contributed by atoms with Crippen LogP contribution in [0.15, 0.2) is 146 Å². The Bertz CT molecular complexity index is 1690. The number of anilines is 5. The minimum absolute atomic E-state index is 1.12. The summed E-state index contributed by atoms with van der Waals surface area (Å²) < 4.78 is 0. The molecule has 184 valence electrons. The van der Waals surface area contributed by atoms with Crippen LogP contribution in [0.1, 0.15) is 5.56 Å². The van der Waals surface area contributed by atoms with Crippen molar-refractivity contribution in [1.82, 2.24) is 0 Å². The van der Waals surface area contributed by atoms with Gasteiger partial charge >= 0.3 is 0 Å². The molecule has 2 heteroatoms. The lowest BCUT2D eigenvalue weighted by molar-refractivity contribution is 1.20. The first-order valence-corrected chi connectivity index (χ1v) is 13.0. The molecule has 0 radical (unpaired) electrons. The van der Waals surface area contributed by atoms with Crippen molar-refractivity contribution in [1.29, 1.82) is 0 Å². The number of fused-ring (bicyclic) bond motifs is 1. The summed E-state index contributed by atoms with van der Waals surface area (Å²) in [6, 6.07) is 52.0. The van der Waals surface area contributed by atoms with E-state index < -0.39 is 0 Å². The summed E-state index contributed by atoms with van der Waals surface area (Å²) in [5, 5.41) is 2.47. The Kier molecular flexibility index (Phi) is 6.37. The standard InChI is InChI=1S/C36H30N2/c1-27-10-8-16-34(24-27)37(2)32-20-22-33(23-21-32)38(36-19-18-29-13-6-7-14-30(29)26-36)35-17-9-15-31(25-35)28-11-4-3-5-12-28/h3-26H,1-2H3. The van der Waals surface area contributed by atoms with Crippen LogP contribution in [-0.4, -0.2) is 7.05 Å². The number of hydrogen-bond acceptors (Lipinski definition) is 2. The topological polar surface area (TPSA) is 6.48 Å². The van der Waals surface area contributed by atoms with Crippen LogP contribution in [-0.2, 0) is 0 Å². The van der Waals surface area contributed by atoms with Gasteiger partial charge in [0.15, 0.2) is 0 Å². The van der Waals surface area contributed by atoms with Crippen molar-refractivity contribution >= 4 is 39.2 Å². The number of rotatable bonds is 6. The smallest absolute Gasteiger partial charge is 0.0468 e. The summed E-state index contributed by atoms with van der Waals surface area (Å²) in [5.41, 5.74) is 9.37. The van der Waals surface area contributed by atoms with Gasteiger partial charge in [-0.2, -0.15) is 0 Å². The third kappa shape index (κ3) is 4.77. The summed E-state index contributed by atoms with van der Waals surface area (Å²) in [6.07, 6.45) is 0. The van der Waals surface area contributed by atoms with Gasteiger partial charge in [0, 0.05) is 35.5 Å². The van der Waals surface area contributed by atoms with Gasteiger partial charge < -0.3 is 9.80 Å². The van der Waals surface area contributed by atoms with Crippen molar-refractivity contribution in [2.45, 2.75) is 6.92 Å². The maximum absolute atomic E-state index is 2.34. The second-order valence-corrected chi connectivity index (χ2v) is 9.70. The zero-order valence-electron chi connectivity index (χ0n) is 21.8. The van der Waals surface area contributed by atoms with Gasteiger partial charge in [0.1, 0.15) is 0 Å². The summed E-state index contributed by atoms with van der Waals surface area (Å²) in [6.45, 7) is 2.13. The molecule has 0 saturated carbocycles. The second kappa shape index (κ2) is 10.3. The number of benzene rings is 6. The van der Waals surface area contributed by atoms with E-state index in [9.17, 15) is 0 Å². The normalized spacial score (nSPS) is 10.9. The number of nitrogens with zero attached hydrogens (tertiary/aromatic N) is 2. The fourth-order valence-electron chi connectivity index (χ4n) is 5.03. The molecular weight excluding hydrogens is 460 g/mol. The molecule has 38 heavy (non-hydrogen) atoms. The first-order chi connectivity index (χ1) is 18.7. The minimum Gasteiger partial charge on any atom is -0.345 e. The lowest BCUT2D eigenvalue weighted by Gasteiger charge is -2.27. The first-order valence-electron chi connectivity index (χ1n) is 13.0. The van der Waals surface area contributed by atoms with Crippen molar-refractivity contribution in [2.24, 2.45) is 0 Å². The van der Waals surface area contributed by atoms with E-state index in [2.05, 4.69) is 169 Å². The molecule has 0 aromatic heterocycles. The van der Waals surface area contributed by atoms with Gasteiger partial charge in [-0.3, -0.25) is 0 Å². The molecule has 0 aliphatic rings. The highest BCUT2D eigenvalue weighted by Crippen LogP contribution is 2.38. The largest absolute Gasteiger partial charge is 0.345 e. The Morgan fingerprint density at radius 2 is 1.00 bits per heavy atom. The molecule has 6 aromatic rings. The van der Waals surface area contributed by atoms with Gasteiger partial charge in [0.05, 0.1) is 0 Å². The Morgan fingerprint density at radius 3 is 1.79 bits per heavy atom. The van der Waals surface area contributed by atoms with Gasteiger partial charge in [-0.1, -0.05) is 84.9 Å². The molecule has 0 aliphatic carbocycles. The molecule has 0 amide bonds. The molecule has 0 atom stereocenters. The SMILES string of the molecule is Cc1cccc(N(C)c2ccc(N(c3cccc(-c4ccccc4)c3)c3ccc4ccccc4c3)cc2)c1. The zero-order chi connectivity index (χ0) is 25.9. The Morgan fingerprint density at radius 1 is 0.395 bits per heavy atom. The minimum atomic E-state index is 1.12. The third-order valence-electron chi connectivity index (χ3n) is 7.09. The predicted molar refractivity (Wildman–Crippen MR) is 163 cm³/mol. The summed E-state index contributed by atoms with van der Waals surface area (Å²) >= 11 is 0. The highest BCUT2D eigenvalue weighted by Gasteiger charge is 2.15. The second-order valence-electron chi connectivity index (χ2n) is 9.70. The van der Waals surface area contributed by atoms with Crippen molar-refractivity contribution < 1.29 is 0 Å². The Hall–Kier alpha value is -4.82. The average Bonchev–Trinajstić information content (AvgIpc) is 2.98. The number of hydrogen-bond donors (Lipinski definition) is 0. The third-order valence-corrected chi connectivity index (χ3v) is 7.09. The van der Waals surface area contributed by atoms with Crippen LogP contribution in [0.4, 0.5) is 28.4 Å². The van der Waals surface area contributed by atoms with Crippen molar-refractivity contribution in [3.63, 3.8) is 0 Å². The van der Waals surface area contributed by atoms with Crippen molar-refractivity contribution in [3.05, 3.63) is 151 Å². The molecule has 0 aliphatic heterocycles. The lowest BCUT2D eigenvalue weighted by Crippen LogP contribution is -2.12. The molecule has 0 bridgehead atoms. The summed E-state index contributed by atoms with van der Waals surface area (Å²) in [4.78, 5) is 4.57. The molecule has 0 unspecified atom stereocenters. The van der Waals surface area contributed by atoms with Crippen LogP contribution in [0.25, 0.3) is 21.9 Å². The van der Waals surface area contributed by atoms with E-state index in [-0.39, 0.29) is 0 Å². The molecule has 0 heterocycles. The quantitative estimate of drug-likeness (QED) is 0.229. The molecule has 6 aromatic carbocycles. The lowest BCUT2D eigenvalue weighted by atomic mass is 10.0. The van der Waals surface area contributed by atoms with Crippen LogP contribution < -0.4 is 9.80 Å². The van der Waals surface area contributed by atoms with E-state index in [0.29, 0.717) is 0 Å². The monoisotopic (exact) mass is 490 g/mol. The maximum atomic E-state index is 2.34. The highest BCUT2D eigenvalue weighted by molar-refractivity contribution is 5.90. The Labute approximate surface area is 225 Å². The highest BCUT2D eigenvalue weighted by atomic mass is 15.1. The van der Waals surface area contributed by atoms with E-state index in [1.54, 1.807) is 0 Å². The van der Waals surface area contributed by atoms with E-state index in [0.717, 1.165) is 22.7 Å². The van der Waals surface area contributed by atoms with Crippen LogP contribution in [0, 0.1) is 6.92 Å². The fraction of sp³-hybridized carbons (Fsp3) is 0.0556. The van der Waals surface area contributed by atoms with Crippen molar-refractivity contribution in [2.75, 3.05) is 16.8 Å². The fourth-order valence-corrected chi connectivity index (χ4v) is 5.03. The van der Waals surface area contributed by atoms with Crippen molar-refractivity contribution in [3.8, 4) is 11.1 Å². The maximum Gasteiger partial charge on any atom is 0.0468 e.